The number of esters is 1. The van der Waals surface area contributed by atoms with Gasteiger partial charge in [-0.1, -0.05) is 30.3 Å². The monoisotopic (exact) mass is 378 g/mol. The van der Waals surface area contributed by atoms with E-state index in [1.807, 2.05) is 30.3 Å². The van der Waals surface area contributed by atoms with Crippen molar-refractivity contribution in [2.24, 2.45) is 5.92 Å². The van der Waals surface area contributed by atoms with Crippen molar-refractivity contribution in [1.29, 1.82) is 5.26 Å². The lowest BCUT2D eigenvalue weighted by atomic mass is 9.98. The second-order valence-electron chi connectivity index (χ2n) is 7.01. The van der Waals surface area contributed by atoms with Gasteiger partial charge in [0.15, 0.2) is 6.61 Å². The van der Waals surface area contributed by atoms with Crippen LogP contribution >= 0.6 is 0 Å². The lowest BCUT2D eigenvalue weighted by Gasteiger charge is -2.22. The van der Waals surface area contributed by atoms with Crippen LogP contribution in [0.25, 0.3) is 0 Å². The predicted molar refractivity (Wildman–Crippen MR) is 102 cm³/mol. The molecule has 1 amide bonds. The van der Waals surface area contributed by atoms with Gasteiger partial charge >= 0.3 is 5.97 Å². The number of hydrogen-bond acceptors (Lipinski definition) is 5. The minimum Gasteiger partial charge on any atom is -0.489 e. The summed E-state index contributed by atoms with van der Waals surface area (Å²) < 4.78 is 10.7. The first kappa shape index (κ1) is 19.4. The van der Waals surface area contributed by atoms with Gasteiger partial charge < -0.3 is 14.8 Å². The van der Waals surface area contributed by atoms with Crippen LogP contribution in [0.1, 0.15) is 35.7 Å². The van der Waals surface area contributed by atoms with Gasteiger partial charge in [-0.05, 0) is 55.5 Å². The summed E-state index contributed by atoms with van der Waals surface area (Å²) in [5.41, 5.74) is 0.471. The minimum atomic E-state index is -0.902. The van der Waals surface area contributed by atoms with Crippen LogP contribution in [-0.2, 0) is 16.1 Å². The summed E-state index contributed by atoms with van der Waals surface area (Å²) in [5.74, 6) is -0.282. The third-order valence-corrected chi connectivity index (χ3v) is 4.70. The van der Waals surface area contributed by atoms with Crippen LogP contribution in [0, 0.1) is 17.2 Å². The van der Waals surface area contributed by atoms with Crippen LogP contribution in [-0.4, -0.2) is 24.0 Å². The Morgan fingerprint density at radius 1 is 1.14 bits per heavy atom. The van der Waals surface area contributed by atoms with E-state index in [4.69, 9.17) is 9.47 Å². The van der Waals surface area contributed by atoms with Crippen LogP contribution in [0.2, 0.25) is 0 Å². The number of ether oxygens (including phenoxy) is 2. The molecule has 0 spiro atoms. The zero-order valence-corrected chi connectivity index (χ0v) is 15.7. The van der Waals surface area contributed by atoms with Crippen molar-refractivity contribution in [3.05, 3.63) is 65.7 Å². The highest BCUT2D eigenvalue weighted by molar-refractivity contribution is 5.91. The van der Waals surface area contributed by atoms with Crippen LogP contribution < -0.4 is 10.1 Å². The Labute approximate surface area is 164 Å². The van der Waals surface area contributed by atoms with Gasteiger partial charge in [0, 0.05) is 0 Å². The number of nitrogens with zero attached hydrogens (tertiary/aromatic N) is 1. The first-order valence-corrected chi connectivity index (χ1v) is 9.16. The molecule has 6 heteroatoms. The van der Waals surface area contributed by atoms with E-state index in [0.717, 1.165) is 18.4 Å². The number of nitriles is 1. The fourth-order valence-corrected chi connectivity index (χ4v) is 2.85. The number of rotatable bonds is 8. The Bertz CT molecular complexity index is 870. The maximum absolute atomic E-state index is 12.1. The molecule has 1 aliphatic carbocycles. The van der Waals surface area contributed by atoms with Gasteiger partial charge in [0.25, 0.3) is 5.91 Å². The molecule has 0 aliphatic heterocycles. The molecule has 2 aromatic carbocycles. The second kappa shape index (κ2) is 8.57. The number of nitrogens with one attached hydrogen (secondary N) is 1. The smallest absolute Gasteiger partial charge is 0.338 e. The lowest BCUT2D eigenvalue weighted by Crippen LogP contribution is -2.48. The Morgan fingerprint density at radius 2 is 1.82 bits per heavy atom. The quantitative estimate of drug-likeness (QED) is 0.713. The third-order valence-electron chi connectivity index (χ3n) is 4.70. The predicted octanol–water partition coefficient (Wildman–Crippen LogP) is 3.23. The van der Waals surface area contributed by atoms with Crippen LogP contribution in [0.4, 0.5) is 0 Å². The van der Waals surface area contributed by atoms with Crippen LogP contribution in [0.3, 0.4) is 0 Å². The number of carbonyl (C=O) groups is 2. The van der Waals surface area contributed by atoms with E-state index in [9.17, 15) is 14.9 Å². The highest BCUT2D eigenvalue weighted by Gasteiger charge is 2.43. The molecule has 3 rings (SSSR count). The molecule has 1 N–H and O–H groups in total. The summed E-state index contributed by atoms with van der Waals surface area (Å²) in [4.78, 5) is 24.1. The average Bonchev–Trinajstić information content (AvgIpc) is 3.57. The lowest BCUT2D eigenvalue weighted by molar-refractivity contribution is -0.125. The second-order valence-corrected chi connectivity index (χ2v) is 7.01. The van der Waals surface area contributed by atoms with Gasteiger partial charge in [0.2, 0.25) is 0 Å². The average molecular weight is 378 g/mol. The van der Waals surface area contributed by atoms with Gasteiger partial charge in [0.1, 0.15) is 17.9 Å². The van der Waals surface area contributed by atoms with Crippen molar-refractivity contribution >= 4 is 11.9 Å². The Hall–Kier alpha value is -3.33. The maximum Gasteiger partial charge on any atom is 0.338 e. The van der Waals surface area contributed by atoms with Crippen LogP contribution in [0.15, 0.2) is 54.6 Å². The van der Waals surface area contributed by atoms with Gasteiger partial charge in [0.05, 0.1) is 11.6 Å². The topological polar surface area (TPSA) is 88.4 Å². The van der Waals surface area contributed by atoms with Crippen molar-refractivity contribution in [3.63, 3.8) is 0 Å². The van der Waals surface area contributed by atoms with Crippen molar-refractivity contribution in [2.45, 2.75) is 31.9 Å². The summed E-state index contributed by atoms with van der Waals surface area (Å²) in [6.07, 6.45) is 1.84. The molecule has 0 bridgehead atoms. The molecule has 1 aliphatic rings. The molecular weight excluding hydrogens is 356 g/mol. The molecule has 0 radical (unpaired) electrons. The molecule has 0 saturated heterocycles. The van der Waals surface area contributed by atoms with Crippen molar-refractivity contribution in [2.75, 3.05) is 6.61 Å². The fraction of sp³-hybridized carbons (Fsp3) is 0.318. The number of benzene rings is 2. The molecule has 1 saturated carbocycles. The first-order chi connectivity index (χ1) is 13.5. The number of amides is 1. The highest BCUT2D eigenvalue weighted by Crippen LogP contribution is 2.39. The van der Waals surface area contributed by atoms with E-state index >= 15 is 0 Å². The Kier molecular flexibility index (Phi) is 5.95. The summed E-state index contributed by atoms with van der Waals surface area (Å²) in [6.45, 7) is 1.71. The molecule has 1 fully saturated rings. The molecule has 6 nitrogen and oxygen atoms in total. The van der Waals surface area contributed by atoms with E-state index in [1.54, 1.807) is 31.2 Å². The standard InChI is InChI=1S/C22H22N2O4/c1-22(15-23,18-9-10-18)24-20(25)14-28-21(26)17-7-11-19(12-8-17)27-13-16-5-3-2-4-6-16/h2-8,11-12,18H,9-10,13-14H2,1H3,(H,24,25)/t22-/m0/s1. The molecule has 1 atom stereocenters. The van der Waals surface area contributed by atoms with Crippen molar-refractivity contribution in [3.8, 4) is 11.8 Å². The highest BCUT2D eigenvalue weighted by atomic mass is 16.5. The molecule has 2 aromatic rings. The summed E-state index contributed by atoms with van der Waals surface area (Å²) in [5, 5.41) is 11.9. The van der Waals surface area contributed by atoms with Crippen molar-refractivity contribution in [1.82, 2.24) is 5.32 Å². The van der Waals surface area contributed by atoms with Gasteiger partial charge in [-0.3, -0.25) is 4.79 Å². The minimum absolute atomic E-state index is 0.167. The van der Waals surface area contributed by atoms with Gasteiger partial charge in [-0.15, -0.1) is 0 Å². The van der Waals surface area contributed by atoms with Crippen molar-refractivity contribution < 1.29 is 19.1 Å². The van der Waals surface area contributed by atoms with E-state index in [1.165, 1.54) is 0 Å². The zero-order chi connectivity index (χ0) is 20.0. The zero-order valence-electron chi connectivity index (χ0n) is 15.7. The van der Waals surface area contributed by atoms with E-state index in [2.05, 4.69) is 11.4 Å². The third kappa shape index (κ3) is 5.10. The summed E-state index contributed by atoms with van der Waals surface area (Å²) in [7, 11) is 0. The summed E-state index contributed by atoms with van der Waals surface area (Å²) >= 11 is 0. The van der Waals surface area contributed by atoms with E-state index < -0.39 is 24.0 Å². The van der Waals surface area contributed by atoms with E-state index in [0.29, 0.717) is 17.9 Å². The molecule has 28 heavy (non-hydrogen) atoms. The molecule has 0 heterocycles. The first-order valence-electron chi connectivity index (χ1n) is 9.16. The molecule has 144 valence electrons. The van der Waals surface area contributed by atoms with E-state index in [-0.39, 0.29) is 5.92 Å². The largest absolute Gasteiger partial charge is 0.489 e. The molecule has 0 unspecified atom stereocenters. The van der Waals surface area contributed by atoms with Gasteiger partial charge in [-0.25, -0.2) is 4.79 Å². The number of carbonyl (C=O) groups excluding carboxylic acids is 2. The Balaban J connectivity index is 1.46. The Morgan fingerprint density at radius 3 is 2.43 bits per heavy atom. The normalized spacial score (nSPS) is 15.0. The van der Waals surface area contributed by atoms with Gasteiger partial charge in [-0.2, -0.15) is 5.26 Å². The molecule has 0 aromatic heterocycles. The molecular formula is C22H22N2O4. The summed E-state index contributed by atoms with van der Waals surface area (Å²) in [6, 6.07) is 18.4. The SMILES string of the molecule is C[C@@](C#N)(NC(=O)COC(=O)c1ccc(OCc2ccccc2)cc1)C1CC1. The maximum atomic E-state index is 12.1. The fourth-order valence-electron chi connectivity index (χ4n) is 2.85. The number of hydrogen-bond donors (Lipinski definition) is 1. The van der Waals surface area contributed by atoms with Crippen LogP contribution in [0.5, 0.6) is 5.75 Å².